The molecule has 20 heavy (non-hydrogen) atoms. The molecular formula is C14H20N4OS. The highest BCUT2D eigenvalue weighted by atomic mass is 32.1. The first-order chi connectivity index (χ1) is 9.72. The molecule has 1 aliphatic carbocycles. The molecule has 108 valence electrons. The van der Waals surface area contributed by atoms with Crippen molar-refractivity contribution in [3.05, 3.63) is 16.8 Å². The summed E-state index contributed by atoms with van der Waals surface area (Å²) in [7, 11) is 1.75. The zero-order valence-electron chi connectivity index (χ0n) is 11.9. The van der Waals surface area contributed by atoms with Gasteiger partial charge in [0.05, 0.1) is 5.39 Å². The highest BCUT2D eigenvalue weighted by molar-refractivity contribution is 7.18. The van der Waals surface area contributed by atoms with Crippen LogP contribution in [-0.4, -0.2) is 17.1 Å². The van der Waals surface area contributed by atoms with Gasteiger partial charge in [0.25, 0.3) is 0 Å². The summed E-state index contributed by atoms with van der Waals surface area (Å²) in [6.45, 7) is 2.14. The Hall–Kier alpha value is -1.24. The molecule has 0 aromatic carbocycles. The lowest BCUT2D eigenvalue weighted by Crippen LogP contribution is -2.28. The lowest BCUT2D eigenvalue weighted by atomic mass is 10.0. The number of ether oxygens (including phenoxy) is 1. The van der Waals surface area contributed by atoms with E-state index in [2.05, 4.69) is 23.4 Å². The van der Waals surface area contributed by atoms with Gasteiger partial charge in [-0.2, -0.15) is 0 Å². The van der Waals surface area contributed by atoms with Gasteiger partial charge in [-0.1, -0.05) is 6.92 Å². The molecule has 0 aliphatic heterocycles. The Morgan fingerprint density at radius 3 is 2.75 bits per heavy atom. The van der Waals surface area contributed by atoms with Gasteiger partial charge in [0.1, 0.15) is 10.4 Å². The highest BCUT2D eigenvalue weighted by Crippen LogP contribution is 2.41. The number of hydrogen-bond acceptors (Lipinski definition) is 6. The first kappa shape index (κ1) is 13.7. The smallest absolute Gasteiger partial charge is 0.164 e. The number of hydrogen-bond donors (Lipinski definition) is 2. The summed E-state index contributed by atoms with van der Waals surface area (Å²) in [4.78, 5) is 11.7. The molecule has 0 bridgehead atoms. The van der Waals surface area contributed by atoms with E-state index >= 15 is 0 Å². The van der Waals surface area contributed by atoms with Gasteiger partial charge < -0.3 is 10.2 Å². The van der Waals surface area contributed by atoms with Gasteiger partial charge in [-0.3, -0.25) is 0 Å². The number of thiophene rings is 1. The van der Waals surface area contributed by atoms with Crippen LogP contribution in [0, 0.1) is 0 Å². The Bertz CT molecular complexity index is 619. The van der Waals surface area contributed by atoms with Crippen LogP contribution < -0.4 is 11.3 Å². The average Bonchev–Trinajstić information content (AvgIpc) is 3.12. The van der Waals surface area contributed by atoms with Gasteiger partial charge in [0.2, 0.25) is 0 Å². The lowest BCUT2D eigenvalue weighted by Gasteiger charge is -2.25. The summed E-state index contributed by atoms with van der Waals surface area (Å²) in [5.74, 6) is 7.11. The minimum Gasteiger partial charge on any atom is -0.370 e. The van der Waals surface area contributed by atoms with E-state index in [1.54, 1.807) is 18.4 Å². The van der Waals surface area contributed by atoms with E-state index < -0.39 is 0 Å². The van der Waals surface area contributed by atoms with Crippen molar-refractivity contribution in [2.45, 2.75) is 44.6 Å². The maximum Gasteiger partial charge on any atom is 0.164 e. The van der Waals surface area contributed by atoms with Gasteiger partial charge >= 0.3 is 0 Å². The molecule has 0 spiro atoms. The summed E-state index contributed by atoms with van der Waals surface area (Å²) in [6, 6.07) is 2.12. The minimum atomic E-state index is -0.337. The number of nitrogens with two attached hydrogens (primary N) is 1. The molecule has 0 saturated heterocycles. The summed E-state index contributed by atoms with van der Waals surface area (Å²) in [5, 5.41) is 1.00. The second-order valence-corrected chi connectivity index (χ2v) is 6.35. The SMILES string of the molecule is CCc1cc2c(NN)nc(C3(OC)CCCC3)nc2s1. The van der Waals surface area contributed by atoms with Crippen LogP contribution in [0.1, 0.15) is 43.3 Å². The molecule has 3 rings (SSSR count). The van der Waals surface area contributed by atoms with E-state index in [1.165, 1.54) is 4.88 Å². The van der Waals surface area contributed by atoms with Gasteiger partial charge in [0.15, 0.2) is 11.6 Å². The van der Waals surface area contributed by atoms with E-state index in [0.717, 1.165) is 48.1 Å². The Kier molecular flexibility index (Phi) is 3.62. The van der Waals surface area contributed by atoms with Gasteiger partial charge in [-0.25, -0.2) is 15.8 Å². The molecule has 5 nitrogen and oxygen atoms in total. The normalized spacial score (nSPS) is 17.8. The quantitative estimate of drug-likeness (QED) is 0.669. The number of hydrazine groups is 1. The van der Waals surface area contributed by atoms with Crippen molar-refractivity contribution in [3.8, 4) is 0 Å². The molecule has 2 heterocycles. The summed E-state index contributed by atoms with van der Waals surface area (Å²) >= 11 is 1.71. The molecule has 2 aromatic heterocycles. The topological polar surface area (TPSA) is 73.1 Å². The number of methoxy groups -OCH3 is 1. The van der Waals surface area contributed by atoms with Gasteiger partial charge in [-0.05, 0) is 38.2 Å². The largest absolute Gasteiger partial charge is 0.370 e. The molecular weight excluding hydrogens is 272 g/mol. The number of aryl methyl sites for hydroxylation is 1. The Balaban J connectivity index is 2.16. The van der Waals surface area contributed by atoms with Crippen molar-refractivity contribution >= 4 is 27.4 Å². The fourth-order valence-corrected chi connectivity index (χ4v) is 3.89. The van der Waals surface area contributed by atoms with Crippen LogP contribution in [0.25, 0.3) is 10.2 Å². The molecule has 1 aliphatic rings. The number of rotatable bonds is 4. The van der Waals surface area contributed by atoms with Crippen LogP contribution >= 0.6 is 11.3 Å². The first-order valence-corrected chi connectivity index (χ1v) is 7.87. The monoisotopic (exact) mass is 292 g/mol. The number of aromatic nitrogens is 2. The van der Waals surface area contributed by atoms with Crippen molar-refractivity contribution in [1.29, 1.82) is 0 Å². The Morgan fingerprint density at radius 2 is 2.15 bits per heavy atom. The summed E-state index contributed by atoms with van der Waals surface area (Å²) in [6.07, 6.45) is 5.27. The van der Waals surface area contributed by atoms with Crippen molar-refractivity contribution < 1.29 is 4.74 Å². The molecule has 0 radical (unpaired) electrons. The molecule has 2 aromatic rings. The van der Waals surface area contributed by atoms with Crippen LogP contribution in [0.15, 0.2) is 6.07 Å². The van der Waals surface area contributed by atoms with Crippen molar-refractivity contribution in [2.24, 2.45) is 5.84 Å². The highest BCUT2D eigenvalue weighted by Gasteiger charge is 2.39. The third kappa shape index (κ3) is 2.08. The molecule has 1 fully saturated rings. The molecule has 0 unspecified atom stereocenters. The van der Waals surface area contributed by atoms with Crippen LogP contribution in [-0.2, 0) is 16.8 Å². The fourth-order valence-electron chi connectivity index (χ4n) is 2.92. The predicted molar refractivity (Wildman–Crippen MR) is 81.8 cm³/mol. The second kappa shape index (κ2) is 5.27. The van der Waals surface area contributed by atoms with E-state index in [-0.39, 0.29) is 5.60 Å². The van der Waals surface area contributed by atoms with E-state index in [1.807, 2.05) is 0 Å². The zero-order valence-corrected chi connectivity index (χ0v) is 12.7. The molecule has 3 N–H and O–H groups in total. The number of nitrogens with zero attached hydrogens (tertiary/aromatic N) is 2. The standard InChI is InChI=1S/C14H20N4OS/c1-3-9-8-10-11(18-15)16-13(17-12(10)20-9)14(19-2)6-4-5-7-14/h8H,3-7,15H2,1-2H3,(H,16,17,18). The number of anilines is 1. The second-order valence-electron chi connectivity index (χ2n) is 5.23. The predicted octanol–water partition coefficient (Wildman–Crippen LogP) is 2.96. The van der Waals surface area contributed by atoms with E-state index in [9.17, 15) is 0 Å². The third-order valence-corrected chi connectivity index (χ3v) is 5.31. The number of nitrogen functional groups attached to an aromatic ring is 1. The minimum absolute atomic E-state index is 0.337. The maximum absolute atomic E-state index is 5.78. The van der Waals surface area contributed by atoms with E-state index in [0.29, 0.717) is 5.82 Å². The number of nitrogens with one attached hydrogen (secondary N) is 1. The van der Waals surface area contributed by atoms with Crippen LogP contribution in [0.3, 0.4) is 0 Å². The van der Waals surface area contributed by atoms with Crippen LogP contribution in [0.5, 0.6) is 0 Å². The average molecular weight is 292 g/mol. The van der Waals surface area contributed by atoms with Gasteiger partial charge in [-0.15, -0.1) is 11.3 Å². The Morgan fingerprint density at radius 1 is 1.40 bits per heavy atom. The van der Waals surface area contributed by atoms with E-state index in [4.69, 9.17) is 15.6 Å². The number of fused-ring (bicyclic) bond motifs is 1. The molecule has 6 heteroatoms. The molecule has 0 atom stereocenters. The van der Waals surface area contributed by atoms with Gasteiger partial charge in [0, 0.05) is 12.0 Å². The first-order valence-electron chi connectivity index (χ1n) is 7.05. The van der Waals surface area contributed by atoms with Crippen molar-refractivity contribution in [2.75, 3.05) is 12.5 Å². The summed E-state index contributed by atoms with van der Waals surface area (Å²) in [5.41, 5.74) is 2.38. The zero-order chi connectivity index (χ0) is 14.2. The third-order valence-electron chi connectivity index (χ3n) is 4.14. The summed E-state index contributed by atoms with van der Waals surface area (Å²) < 4.78 is 5.78. The van der Waals surface area contributed by atoms with Crippen LogP contribution in [0.2, 0.25) is 0 Å². The molecule has 0 amide bonds. The van der Waals surface area contributed by atoms with Crippen molar-refractivity contribution in [1.82, 2.24) is 9.97 Å². The van der Waals surface area contributed by atoms with Crippen LogP contribution in [0.4, 0.5) is 5.82 Å². The fraction of sp³-hybridized carbons (Fsp3) is 0.571. The maximum atomic E-state index is 5.78. The van der Waals surface area contributed by atoms with Crippen molar-refractivity contribution in [3.63, 3.8) is 0 Å². The lowest BCUT2D eigenvalue weighted by molar-refractivity contribution is -0.0158. The molecule has 1 saturated carbocycles. The Labute approximate surface area is 122 Å².